The van der Waals surface area contributed by atoms with Gasteiger partial charge in [-0.2, -0.15) is 0 Å². The van der Waals surface area contributed by atoms with Crippen molar-refractivity contribution in [3.05, 3.63) is 47.6 Å². The first-order valence-electron chi connectivity index (χ1n) is 47.4. The summed E-state index contributed by atoms with van der Waals surface area (Å²) < 4.78 is 125. The number of carbonyl (C=O) groups excluding carboxylic acids is 5. The Bertz CT molecular complexity index is 4320. The van der Waals surface area contributed by atoms with Crippen LogP contribution in [-0.2, 0) is 165 Å². The van der Waals surface area contributed by atoms with Gasteiger partial charge in [-0.3, -0.25) is 51.9 Å². The molecule has 25 atom stereocenters. The van der Waals surface area contributed by atoms with Gasteiger partial charge < -0.3 is 159 Å². The highest BCUT2D eigenvalue weighted by Gasteiger charge is 2.50. The molecule has 0 aromatic carbocycles. The van der Waals surface area contributed by atoms with Gasteiger partial charge in [0.2, 0.25) is 29.5 Å². The van der Waals surface area contributed by atoms with E-state index in [9.17, 15) is 99.4 Å². The predicted octanol–water partition coefficient (Wildman–Crippen LogP) is -7.05. The summed E-state index contributed by atoms with van der Waals surface area (Å²) in [7, 11) is -4.93. The van der Waals surface area contributed by atoms with E-state index in [1.165, 1.54) is 42.4 Å². The lowest BCUT2D eigenvalue weighted by Gasteiger charge is -2.42. The quantitative estimate of drug-likeness (QED) is 0.0111. The van der Waals surface area contributed by atoms with Crippen LogP contribution in [0.1, 0.15) is 108 Å². The highest BCUT2D eigenvalue weighted by Crippen LogP contribution is 2.48. The Balaban J connectivity index is 0.860. The van der Waals surface area contributed by atoms with Crippen LogP contribution < -0.4 is 26.6 Å². The fraction of sp³-hybridized carbons (Fsp3) is 0.841. The van der Waals surface area contributed by atoms with Gasteiger partial charge in [-0.1, -0.05) is 68.6 Å². The molecule has 0 aliphatic carbocycles. The van der Waals surface area contributed by atoms with E-state index in [4.69, 9.17) is 75.2 Å². The van der Waals surface area contributed by atoms with Crippen molar-refractivity contribution in [2.75, 3.05) is 164 Å². The molecule has 61 heteroatoms. The third-order valence-electron chi connectivity index (χ3n) is 23.3. The second-order valence-corrected chi connectivity index (χ2v) is 40.0. The summed E-state index contributed by atoms with van der Waals surface area (Å²) in [5.41, 5.74) is 2.03. The van der Waals surface area contributed by atoms with Gasteiger partial charge in [0.1, 0.15) is 97.5 Å². The van der Waals surface area contributed by atoms with Crippen molar-refractivity contribution in [3.63, 3.8) is 0 Å². The Kier molecular flexibility index (Phi) is 53.6. The van der Waals surface area contributed by atoms with Crippen LogP contribution in [0.5, 0.6) is 0 Å². The van der Waals surface area contributed by atoms with Crippen LogP contribution >= 0.6 is 37.2 Å². The maximum Gasteiger partial charge on any atom is 0.472 e. The van der Waals surface area contributed by atoms with Crippen molar-refractivity contribution in [3.8, 4) is 0 Å². The maximum atomic E-state index is 15.3. The van der Waals surface area contributed by atoms with Crippen LogP contribution in [0.4, 0.5) is 0 Å². The van der Waals surface area contributed by atoms with Gasteiger partial charge in [-0.05, 0) is 32.2 Å². The fourth-order valence-electron chi connectivity index (χ4n) is 15.8. The van der Waals surface area contributed by atoms with Crippen LogP contribution in [0.15, 0.2) is 24.8 Å². The molecule has 5 saturated heterocycles. The number of aromatic nitrogens is 12. The molecule has 57 nitrogen and oxygen atoms in total. The Morgan fingerprint density at radius 1 is 0.469 bits per heavy atom. The lowest BCUT2D eigenvalue weighted by Crippen LogP contribution is -2.64. The number of phosphoric acid groups is 2. The zero-order valence-electron chi connectivity index (χ0n) is 80.6. The molecule has 5 aliphatic heterocycles. The molecule has 0 spiro atoms. The van der Waals surface area contributed by atoms with Gasteiger partial charge in [0.25, 0.3) is 0 Å². The highest BCUT2D eigenvalue weighted by molar-refractivity contribution is 8.76. The summed E-state index contributed by atoms with van der Waals surface area (Å²) in [6, 6.07) is -4.34. The largest absolute Gasteiger partial charge is 0.472 e. The SMILES string of the molecule is COP(=O)(O)OC[C@H]1OCC[C@H]1OP(=O)(O)OCCCCCCNC(=O)CCSSCCNC(=O)[C@H](CCCCN(Cc1cn(CCOCCO[C@@H]2O[C@H](CO)[C@H](O)[C@H](O)[C@H]2NC(C)=O)nn1)Cc1cn(CCOCCO[C@@H]2O[C@H](CO)[C@H](O)[C@H](O)[C@H]2NC(C)=O)nn1)N(Cc1cn(CCOCCO[C@@H]2O[C@H](CO)[C@H](O)[C@H](O)[C@H]2C)nn1)Cc1cn(CCOCCO[C@@H]2O[C@H](CO)[C@H](O)[C@H](O)[C@H]2NC(C)=O)nn1. The minimum atomic E-state index is -4.52. The zero-order chi connectivity index (χ0) is 103. The van der Waals surface area contributed by atoms with Gasteiger partial charge in [-0.25, -0.2) is 27.9 Å². The summed E-state index contributed by atoms with van der Waals surface area (Å²) in [6.07, 6.45) is -11.7. The van der Waals surface area contributed by atoms with E-state index >= 15 is 4.79 Å². The van der Waals surface area contributed by atoms with Gasteiger partial charge >= 0.3 is 15.6 Å². The summed E-state index contributed by atoms with van der Waals surface area (Å²) in [4.78, 5) is 88.2. The molecule has 143 heavy (non-hydrogen) atoms. The molecule has 0 saturated carbocycles. The third-order valence-corrected chi connectivity index (χ3v) is 27.7. The average molecular weight is 2130 g/mol. The maximum absolute atomic E-state index is 15.3. The van der Waals surface area contributed by atoms with Crippen LogP contribution in [0, 0.1) is 5.92 Å². The normalized spacial score (nSPS) is 27.4. The molecule has 19 N–H and O–H groups in total. The molecule has 5 fully saturated rings. The number of rotatable bonds is 71. The van der Waals surface area contributed by atoms with Crippen LogP contribution in [0.25, 0.3) is 0 Å². The zero-order valence-corrected chi connectivity index (χ0v) is 84.0. The highest BCUT2D eigenvalue weighted by atomic mass is 33.1. The third kappa shape index (κ3) is 41.2. The lowest BCUT2D eigenvalue weighted by atomic mass is 9.92. The molecule has 4 aromatic rings. The minimum Gasteiger partial charge on any atom is -0.394 e. The van der Waals surface area contributed by atoms with E-state index in [-0.39, 0.29) is 182 Å². The Morgan fingerprint density at radius 3 is 1.30 bits per heavy atom. The first-order valence-corrected chi connectivity index (χ1v) is 52.9. The van der Waals surface area contributed by atoms with Crippen LogP contribution in [0.2, 0.25) is 0 Å². The number of ether oxygens (including phenoxy) is 13. The van der Waals surface area contributed by atoms with Gasteiger partial charge in [0, 0.05) is 129 Å². The van der Waals surface area contributed by atoms with Crippen molar-refractivity contribution in [1.29, 1.82) is 0 Å². The van der Waals surface area contributed by atoms with E-state index in [2.05, 4.69) is 77.3 Å². The molecule has 5 amide bonds. The molecular formula is C82H143N19O38P2S2. The standard InChI is InChI=1S/C82H143N19O38P2S2/c1-51-70(110)71(111)61(46-102)135-79(51)129-32-28-124-26-20-100-44-57(90-94-100)40-97(41-58-45-101(95-91-58)21-27-127-31-35-132-82-69(87-54(4)108)77(117)74(114)64(49-105)138-82)59(78(118)84-16-37-143-142-36-14-66(109)83-15-9-6-7-11-22-133-141(121,122)139-60-13-23-128-65(60)50-134-140(119,120)123-5)12-8-10-17-96(38-55-42-98(92-88-55)18-24-125-29-33-130-80-67(85-52(2)106)75(115)72(112)62(47-103)136-80)39-56-43-99(93-89-56)19-25-126-30-34-131-81-68(86-53(3)107)76(116)73(113)63(48-104)137-81/h42-45,51,59-65,67-77,79-82,102-105,110-117H,6-41,46-50H2,1-5H3,(H,83,109)(H,84,118)(H,85,106)(H,86,107)(H,87,108)(H,119,120)(H,121,122)/t51-,59+,60-,61-,62-,63-,64-,65-,67-,68-,69-,70-,71+,72+,73+,74+,75-,76-,77-,79-,80-,81-,82-/m1/s1. The first kappa shape index (κ1) is 120. The first-order chi connectivity index (χ1) is 68.7. The van der Waals surface area contributed by atoms with E-state index in [1.54, 1.807) is 50.4 Å². The molecule has 0 bridgehead atoms. The minimum absolute atomic E-state index is 0.000812. The van der Waals surface area contributed by atoms with Crippen molar-refractivity contribution < 1.29 is 184 Å². The number of amides is 5. The van der Waals surface area contributed by atoms with Crippen LogP contribution in [0.3, 0.4) is 0 Å². The van der Waals surface area contributed by atoms with E-state index < -0.39 is 207 Å². The number of nitrogens with zero attached hydrogens (tertiary/aromatic N) is 14. The average Bonchev–Trinajstić information content (AvgIpc) is 1.76. The number of unbranched alkanes of at least 4 members (excludes halogenated alkanes) is 4. The second-order valence-electron chi connectivity index (χ2n) is 34.4. The summed E-state index contributed by atoms with van der Waals surface area (Å²) in [5, 5.41) is 173. The van der Waals surface area contributed by atoms with E-state index in [1.807, 2.05) is 4.90 Å². The number of hydrogen-bond donors (Lipinski definition) is 19. The Morgan fingerprint density at radius 2 is 0.874 bits per heavy atom. The topological polar surface area (TPSA) is 749 Å². The molecule has 9 rings (SSSR count). The predicted molar refractivity (Wildman–Crippen MR) is 493 cm³/mol. The van der Waals surface area contributed by atoms with Crippen molar-refractivity contribution in [2.24, 2.45) is 5.92 Å². The molecule has 2 unspecified atom stereocenters. The summed E-state index contributed by atoms with van der Waals surface area (Å²) in [6.45, 7) is 5.53. The number of carbonyl (C=O) groups is 5. The van der Waals surface area contributed by atoms with E-state index in [0.29, 0.717) is 85.9 Å². The van der Waals surface area contributed by atoms with Gasteiger partial charge in [0.15, 0.2) is 25.2 Å². The Hall–Kier alpha value is -6.25. The molecule has 816 valence electrons. The monoisotopic (exact) mass is 2130 g/mol. The lowest BCUT2D eigenvalue weighted by molar-refractivity contribution is -0.284. The van der Waals surface area contributed by atoms with Crippen molar-refractivity contribution in [1.82, 2.24) is 96.4 Å². The van der Waals surface area contributed by atoms with Crippen molar-refractivity contribution in [2.45, 2.75) is 273 Å². The van der Waals surface area contributed by atoms with Crippen molar-refractivity contribution >= 4 is 66.8 Å². The molecule has 4 aromatic heterocycles. The number of hydrogen-bond acceptors (Lipinski definition) is 48. The van der Waals surface area contributed by atoms with Gasteiger partial charge in [0.05, 0.1) is 180 Å². The fourth-order valence-corrected chi connectivity index (χ4v) is 19.1. The summed E-state index contributed by atoms with van der Waals surface area (Å²) >= 11 is 0. The Labute approximate surface area is 833 Å². The molecule has 0 radical (unpaired) electrons. The smallest absolute Gasteiger partial charge is 0.394 e. The molecular weight excluding hydrogens is 1990 g/mol. The number of aliphatic hydroxyl groups is 12. The van der Waals surface area contributed by atoms with E-state index in [0.717, 1.165) is 7.11 Å². The molecule has 9 heterocycles. The van der Waals surface area contributed by atoms with Crippen LogP contribution in [-0.4, -0.2) is 469 Å². The second kappa shape index (κ2) is 63.7. The van der Waals surface area contributed by atoms with Gasteiger partial charge in [-0.15, -0.1) is 20.4 Å². The number of aliphatic hydroxyl groups excluding tert-OH is 12. The number of nitrogens with one attached hydrogen (secondary N) is 5. The number of phosphoric ester groups is 2. The summed E-state index contributed by atoms with van der Waals surface area (Å²) in [5.74, 6) is -1.78. The molecule has 5 aliphatic rings.